The topological polar surface area (TPSA) is 0 Å². The maximum absolute atomic E-state index is 2.48. The summed E-state index contributed by atoms with van der Waals surface area (Å²) in [5.74, 6) is 2.13. The highest BCUT2D eigenvalue weighted by molar-refractivity contribution is 4.97. The Balaban J connectivity index is 1.81. The highest BCUT2D eigenvalue weighted by Crippen LogP contribution is 2.57. The van der Waals surface area contributed by atoms with Crippen LogP contribution in [0.5, 0.6) is 0 Å². The Kier molecular flexibility index (Phi) is 1.74. The van der Waals surface area contributed by atoms with Crippen LogP contribution in [-0.4, -0.2) is 0 Å². The van der Waals surface area contributed by atoms with Crippen molar-refractivity contribution in [2.75, 3.05) is 0 Å². The minimum atomic E-state index is 0.773. The molecule has 11 heavy (non-hydrogen) atoms. The molecule has 0 saturated heterocycles. The molecule has 0 heteroatoms. The molecule has 2 fully saturated rings. The fraction of sp³-hybridized carbons (Fsp3) is 1.00. The predicted octanol–water partition coefficient (Wildman–Crippen LogP) is 3.61. The summed E-state index contributed by atoms with van der Waals surface area (Å²) in [4.78, 5) is 0. The zero-order chi connectivity index (χ0) is 7.90. The molecule has 2 aliphatic carbocycles. The van der Waals surface area contributed by atoms with Crippen molar-refractivity contribution < 1.29 is 0 Å². The van der Waals surface area contributed by atoms with E-state index in [1.807, 2.05) is 0 Å². The lowest BCUT2D eigenvalue weighted by atomic mass is 9.91. The van der Waals surface area contributed by atoms with Crippen molar-refractivity contribution in [3.05, 3.63) is 0 Å². The van der Waals surface area contributed by atoms with Gasteiger partial charge in [0, 0.05) is 0 Å². The second-order valence-corrected chi connectivity index (χ2v) is 5.11. The van der Waals surface area contributed by atoms with Crippen molar-refractivity contribution >= 4 is 0 Å². The van der Waals surface area contributed by atoms with Crippen molar-refractivity contribution in [1.29, 1.82) is 0 Å². The van der Waals surface area contributed by atoms with E-state index >= 15 is 0 Å². The Morgan fingerprint density at radius 3 is 2.27 bits per heavy atom. The quantitative estimate of drug-likeness (QED) is 0.567. The molecule has 2 saturated carbocycles. The summed E-state index contributed by atoms with van der Waals surface area (Å²) in [6.45, 7) is 4.89. The highest BCUT2D eigenvalue weighted by Gasteiger charge is 2.47. The fourth-order valence-electron chi connectivity index (χ4n) is 2.80. The first-order valence-corrected chi connectivity index (χ1v) is 5.21. The van der Waals surface area contributed by atoms with E-state index in [4.69, 9.17) is 0 Å². The second-order valence-electron chi connectivity index (χ2n) is 5.11. The lowest BCUT2D eigenvalue weighted by molar-refractivity contribution is 0.360. The number of hydrogen-bond acceptors (Lipinski definition) is 0. The van der Waals surface area contributed by atoms with Gasteiger partial charge in [-0.1, -0.05) is 39.5 Å². The largest absolute Gasteiger partial charge is 0.0620 e. The van der Waals surface area contributed by atoms with E-state index in [-0.39, 0.29) is 0 Å². The fourth-order valence-corrected chi connectivity index (χ4v) is 2.80. The lowest BCUT2D eigenvalue weighted by Gasteiger charge is -2.15. The molecule has 64 valence electrons. The van der Waals surface area contributed by atoms with Crippen molar-refractivity contribution in [2.45, 2.75) is 52.4 Å². The van der Waals surface area contributed by atoms with Gasteiger partial charge >= 0.3 is 0 Å². The Morgan fingerprint density at radius 1 is 1.27 bits per heavy atom. The smallest absolute Gasteiger partial charge is 0.0295 e. The molecule has 2 aliphatic rings. The predicted molar refractivity (Wildman–Crippen MR) is 48.5 cm³/mol. The Bertz CT molecular complexity index is 144. The molecular formula is C11H20. The van der Waals surface area contributed by atoms with Gasteiger partial charge in [-0.2, -0.15) is 0 Å². The first-order valence-electron chi connectivity index (χ1n) is 5.21. The van der Waals surface area contributed by atoms with Gasteiger partial charge in [-0.15, -0.1) is 0 Å². The molecule has 0 aromatic heterocycles. The highest BCUT2D eigenvalue weighted by atomic mass is 14.5. The molecule has 0 spiro atoms. The van der Waals surface area contributed by atoms with Crippen molar-refractivity contribution in [1.82, 2.24) is 0 Å². The first kappa shape index (κ1) is 7.64. The van der Waals surface area contributed by atoms with Crippen LogP contribution in [0.3, 0.4) is 0 Å². The van der Waals surface area contributed by atoms with E-state index in [2.05, 4.69) is 13.8 Å². The van der Waals surface area contributed by atoms with Gasteiger partial charge in [-0.25, -0.2) is 0 Å². The molecule has 0 amide bonds. The van der Waals surface area contributed by atoms with E-state index in [0.717, 1.165) is 17.3 Å². The van der Waals surface area contributed by atoms with Gasteiger partial charge in [0.05, 0.1) is 0 Å². The molecule has 0 aromatic rings. The van der Waals surface area contributed by atoms with Gasteiger partial charge in [0.25, 0.3) is 0 Å². The summed E-state index contributed by atoms with van der Waals surface area (Å²) in [5.41, 5.74) is 0.773. The standard InChI is InChI=1S/C11H20/c1-9-7-11(9,2)8-10-5-3-4-6-10/h9-10H,3-8H2,1-2H3. The van der Waals surface area contributed by atoms with Crippen LogP contribution in [0.4, 0.5) is 0 Å². The van der Waals surface area contributed by atoms with Crippen molar-refractivity contribution in [3.63, 3.8) is 0 Å². The minimum Gasteiger partial charge on any atom is -0.0620 e. The molecule has 2 atom stereocenters. The molecule has 2 rings (SSSR count). The molecule has 0 bridgehead atoms. The van der Waals surface area contributed by atoms with Crippen LogP contribution in [-0.2, 0) is 0 Å². The minimum absolute atomic E-state index is 0.773. The Hall–Kier alpha value is 0. The average molecular weight is 152 g/mol. The zero-order valence-electron chi connectivity index (χ0n) is 7.90. The summed E-state index contributed by atoms with van der Waals surface area (Å²) in [7, 11) is 0. The van der Waals surface area contributed by atoms with Crippen LogP contribution in [0.15, 0.2) is 0 Å². The Labute approximate surface area is 70.4 Å². The van der Waals surface area contributed by atoms with Gasteiger partial charge < -0.3 is 0 Å². The van der Waals surface area contributed by atoms with E-state index < -0.39 is 0 Å². The average Bonchev–Trinajstić information content (AvgIpc) is 2.43. The molecule has 0 aliphatic heterocycles. The van der Waals surface area contributed by atoms with Crippen molar-refractivity contribution in [3.8, 4) is 0 Å². The normalized spacial score (nSPS) is 44.7. The molecule has 0 N–H and O–H groups in total. The SMILES string of the molecule is CC1CC1(C)CC1CCCC1. The molecular weight excluding hydrogens is 132 g/mol. The van der Waals surface area contributed by atoms with Crippen LogP contribution in [0, 0.1) is 17.3 Å². The van der Waals surface area contributed by atoms with E-state index in [1.54, 1.807) is 0 Å². The first-order chi connectivity index (χ1) is 5.21. The Morgan fingerprint density at radius 2 is 1.82 bits per heavy atom. The van der Waals surface area contributed by atoms with Gasteiger partial charge in [0.1, 0.15) is 0 Å². The molecule has 0 aromatic carbocycles. The number of hydrogen-bond donors (Lipinski definition) is 0. The van der Waals surface area contributed by atoms with Gasteiger partial charge in [0.15, 0.2) is 0 Å². The van der Waals surface area contributed by atoms with Gasteiger partial charge in [0.2, 0.25) is 0 Å². The van der Waals surface area contributed by atoms with Crippen LogP contribution in [0.1, 0.15) is 52.4 Å². The van der Waals surface area contributed by atoms with E-state index in [9.17, 15) is 0 Å². The van der Waals surface area contributed by atoms with Gasteiger partial charge in [-0.05, 0) is 30.1 Å². The zero-order valence-corrected chi connectivity index (χ0v) is 7.90. The summed E-state index contributed by atoms with van der Waals surface area (Å²) in [6.07, 6.45) is 9.12. The van der Waals surface area contributed by atoms with E-state index in [0.29, 0.717) is 0 Å². The maximum Gasteiger partial charge on any atom is -0.0295 e. The summed E-state index contributed by atoms with van der Waals surface area (Å²) >= 11 is 0. The third-order valence-corrected chi connectivity index (χ3v) is 4.03. The van der Waals surface area contributed by atoms with Crippen LogP contribution >= 0.6 is 0 Å². The molecule has 0 heterocycles. The monoisotopic (exact) mass is 152 g/mol. The van der Waals surface area contributed by atoms with Crippen LogP contribution in [0.25, 0.3) is 0 Å². The van der Waals surface area contributed by atoms with Gasteiger partial charge in [-0.3, -0.25) is 0 Å². The molecule has 0 nitrogen and oxygen atoms in total. The molecule has 2 unspecified atom stereocenters. The summed E-state index contributed by atoms with van der Waals surface area (Å²) < 4.78 is 0. The molecule has 0 radical (unpaired) electrons. The lowest BCUT2D eigenvalue weighted by Crippen LogP contribution is -2.04. The van der Waals surface area contributed by atoms with Crippen molar-refractivity contribution in [2.24, 2.45) is 17.3 Å². The third kappa shape index (κ3) is 1.45. The summed E-state index contributed by atoms with van der Waals surface area (Å²) in [5, 5.41) is 0. The maximum atomic E-state index is 2.48. The van der Waals surface area contributed by atoms with E-state index in [1.165, 1.54) is 38.5 Å². The third-order valence-electron chi connectivity index (χ3n) is 4.03. The second kappa shape index (κ2) is 2.50. The number of rotatable bonds is 2. The van der Waals surface area contributed by atoms with Crippen LogP contribution in [0.2, 0.25) is 0 Å². The van der Waals surface area contributed by atoms with Crippen LogP contribution < -0.4 is 0 Å². The summed E-state index contributed by atoms with van der Waals surface area (Å²) in [6, 6.07) is 0.